The molecule has 2 aromatic rings. The number of fused-ring (bicyclic) bond motifs is 1. The number of ether oxygens (including phenoxy) is 1. The Morgan fingerprint density at radius 1 is 1.18 bits per heavy atom. The van der Waals surface area contributed by atoms with E-state index < -0.39 is 0 Å². The highest BCUT2D eigenvalue weighted by atomic mass is 16.5. The number of nitrogens with zero attached hydrogens (tertiary/aromatic N) is 3. The van der Waals surface area contributed by atoms with Crippen LogP contribution in [0, 0.1) is 5.92 Å². The van der Waals surface area contributed by atoms with E-state index in [1.807, 2.05) is 0 Å². The number of hydrogen-bond acceptors (Lipinski definition) is 4. The van der Waals surface area contributed by atoms with Gasteiger partial charge in [-0.15, -0.1) is 0 Å². The van der Waals surface area contributed by atoms with Crippen molar-refractivity contribution in [1.29, 1.82) is 0 Å². The minimum atomic E-state index is 0.0772. The van der Waals surface area contributed by atoms with Crippen molar-refractivity contribution in [2.24, 2.45) is 5.92 Å². The first kappa shape index (κ1) is 19.3. The third kappa shape index (κ3) is 4.36. The lowest BCUT2D eigenvalue weighted by Gasteiger charge is -2.36. The molecule has 1 aromatic carbocycles. The van der Waals surface area contributed by atoms with Crippen LogP contribution in [-0.4, -0.2) is 40.7 Å². The maximum atomic E-state index is 12.4. The molecule has 2 aliphatic heterocycles. The van der Waals surface area contributed by atoms with E-state index in [2.05, 4.69) is 48.0 Å². The summed E-state index contributed by atoms with van der Waals surface area (Å²) in [5.74, 6) is 0.831. The van der Waals surface area contributed by atoms with Crippen molar-refractivity contribution in [2.45, 2.75) is 51.7 Å². The van der Waals surface area contributed by atoms with Crippen LogP contribution in [-0.2, 0) is 17.7 Å². The molecule has 0 N–H and O–H groups in total. The Bertz CT molecular complexity index is 853. The fourth-order valence-electron chi connectivity index (χ4n) is 4.39. The van der Waals surface area contributed by atoms with Crippen LogP contribution in [0.1, 0.15) is 55.5 Å². The number of likely N-dealkylation sites (tertiary alicyclic amines) is 1. The van der Waals surface area contributed by atoms with E-state index in [0.717, 1.165) is 57.7 Å². The second kappa shape index (κ2) is 8.58. The third-order valence-electron chi connectivity index (χ3n) is 6.17. The van der Waals surface area contributed by atoms with Gasteiger partial charge in [-0.1, -0.05) is 38.1 Å². The summed E-state index contributed by atoms with van der Waals surface area (Å²) in [6.45, 7) is 8.83. The van der Waals surface area contributed by atoms with Gasteiger partial charge in [-0.25, -0.2) is 4.98 Å². The molecule has 5 nitrogen and oxygen atoms in total. The van der Waals surface area contributed by atoms with Crippen LogP contribution in [0.25, 0.3) is 0 Å². The monoisotopic (exact) mass is 381 g/mol. The number of hydrogen-bond donors (Lipinski definition) is 0. The Kier molecular flexibility index (Phi) is 5.93. The summed E-state index contributed by atoms with van der Waals surface area (Å²) >= 11 is 0. The highest BCUT2D eigenvalue weighted by Crippen LogP contribution is 2.29. The number of rotatable bonds is 5. The molecule has 1 unspecified atom stereocenters. The molecule has 1 atom stereocenters. The van der Waals surface area contributed by atoms with Gasteiger partial charge < -0.3 is 9.64 Å². The molecule has 2 aliphatic rings. The summed E-state index contributed by atoms with van der Waals surface area (Å²) in [6.07, 6.45) is 5.18. The van der Waals surface area contributed by atoms with Gasteiger partial charge >= 0.3 is 0 Å². The summed E-state index contributed by atoms with van der Waals surface area (Å²) in [5.41, 5.74) is 3.75. The minimum Gasteiger partial charge on any atom is -0.372 e. The van der Waals surface area contributed by atoms with Crippen LogP contribution >= 0.6 is 0 Å². The smallest absolute Gasteiger partial charge is 0.253 e. The number of benzene rings is 1. The summed E-state index contributed by atoms with van der Waals surface area (Å²) < 4.78 is 7.86. The average Bonchev–Trinajstić information content (AvgIpc) is 2.71. The maximum absolute atomic E-state index is 12.4. The minimum absolute atomic E-state index is 0.0772. The molecule has 0 radical (unpaired) electrons. The molecule has 0 bridgehead atoms. The zero-order chi connectivity index (χ0) is 19.5. The Balaban J connectivity index is 1.31. The second-order valence-electron chi connectivity index (χ2n) is 8.51. The third-order valence-corrected chi connectivity index (χ3v) is 6.17. The Morgan fingerprint density at radius 3 is 2.71 bits per heavy atom. The van der Waals surface area contributed by atoms with Crippen LogP contribution < -0.4 is 5.56 Å². The van der Waals surface area contributed by atoms with Crippen LogP contribution in [0.5, 0.6) is 0 Å². The molecule has 1 aromatic heterocycles. The zero-order valence-electron chi connectivity index (χ0n) is 17.0. The molecule has 0 spiro atoms. The maximum Gasteiger partial charge on any atom is 0.253 e. The van der Waals surface area contributed by atoms with Gasteiger partial charge in [0.25, 0.3) is 5.56 Å². The van der Waals surface area contributed by atoms with E-state index in [4.69, 9.17) is 4.74 Å². The summed E-state index contributed by atoms with van der Waals surface area (Å²) in [6, 6.07) is 10.4. The summed E-state index contributed by atoms with van der Waals surface area (Å²) in [5, 5.41) is 0. The topological polar surface area (TPSA) is 47.4 Å². The van der Waals surface area contributed by atoms with Gasteiger partial charge in [0.1, 0.15) is 0 Å². The van der Waals surface area contributed by atoms with Crippen molar-refractivity contribution in [1.82, 2.24) is 14.5 Å². The first-order valence-corrected chi connectivity index (χ1v) is 10.6. The molecule has 1 saturated heterocycles. The molecule has 1 fully saturated rings. The molecule has 28 heavy (non-hydrogen) atoms. The van der Waals surface area contributed by atoms with Crippen molar-refractivity contribution in [3.8, 4) is 0 Å². The SMILES string of the molecule is CC(C)c1cc(=O)n(CC2CCN(CC3OCCc4ccccc43)CC2)cn1. The van der Waals surface area contributed by atoms with Gasteiger partial charge in [-0.3, -0.25) is 9.36 Å². The lowest BCUT2D eigenvalue weighted by atomic mass is 9.94. The Hall–Kier alpha value is -1.98. The molecule has 150 valence electrons. The first-order valence-electron chi connectivity index (χ1n) is 10.6. The summed E-state index contributed by atoms with van der Waals surface area (Å²) in [7, 11) is 0. The second-order valence-corrected chi connectivity index (χ2v) is 8.51. The van der Waals surface area contributed by atoms with E-state index in [1.54, 1.807) is 17.0 Å². The zero-order valence-corrected chi connectivity index (χ0v) is 17.0. The van der Waals surface area contributed by atoms with Gasteiger partial charge in [0, 0.05) is 19.2 Å². The van der Waals surface area contributed by atoms with Crippen LogP contribution in [0.4, 0.5) is 0 Å². The van der Waals surface area contributed by atoms with E-state index >= 15 is 0 Å². The molecular formula is C23H31N3O2. The average molecular weight is 382 g/mol. The van der Waals surface area contributed by atoms with Crippen molar-refractivity contribution >= 4 is 0 Å². The van der Waals surface area contributed by atoms with Crippen molar-refractivity contribution in [2.75, 3.05) is 26.2 Å². The van der Waals surface area contributed by atoms with Gasteiger partial charge in [-0.2, -0.15) is 0 Å². The van der Waals surface area contributed by atoms with E-state index in [0.29, 0.717) is 5.92 Å². The van der Waals surface area contributed by atoms with Crippen LogP contribution in [0.3, 0.4) is 0 Å². The first-order chi connectivity index (χ1) is 13.6. The molecule has 4 rings (SSSR count). The standard InChI is InChI=1S/C23H31N3O2/c1-17(2)21-13-23(27)26(16-24-21)14-18-7-10-25(11-8-18)15-22-20-6-4-3-5-19(20)9-12-28-22/h3-6,13,16-18,22H,7-12,14-15H2,1-2H3. The van der Waals surface area contributed by atoms with Crippen molar-refractivity contribution in [3.05, 3.63) is 63.8 Å². The number of piperidine rings is 1. The van der Waals surface area contributed by atoms with Crippen molar-refractivity contribution < 1.29 is 4.74 Å². The van der Waals surface area contributed by atoms with Crippen molar-refractivity contribution in [3.63, 3.8) is 0 Å². The Labute approximate surface area is 167 Å². The lowest BCUT2D eigenvalue weighted by Crippen LogP contribution is -2.39. The molecule has 0 saturated carbocycles. The van der Waals surface area contributed by atoms with Gasteiger partial charge in [0.15, 0.2) is 0 Å². The van der Waals surface area contributed by atoms with Gasteiger partial charge in [0.05, 0.1) is 24.7 Å². The Morgan fingerprint density at radius 2 is 1.96 bits per heavy atom. The molecule has 0 amide bonds. The predicted molar refractivity (Wildman–Crippen MR) is 111 cm³/mol. The van der Waals surface area contributed by atoms with Crippen LogP contribution in [0.2, 0.25) is 0 Å². The molecular weight excluding hydrogens is 350 g/mol. The van der Waals surface area contributed by atoms with E-state index in [9.17, 15) is 4.79 Å². The number of aromatic nitrogens is 2. The van der Waals surface area contributed by atoms with Gasteiger partial charge in [-0.05, 0) is 55.3 Å². The van der Waals surface area contributed by atoms with Crippen LogP contribution in [0.15, 0.2) is 41.5 Å². The predicted octanol–water partition coefficient (Wildman–Crippen LogP) is 3.39. The normalized spacial score (nSPS) is 21.0. The fraction of sp³-hybridized carbons (Fsp3) is 0.565. The fourth-order valence-corrected chi connectivity index (χ4v) is 4.39. The molecule has 0 aliphatic carbocycles. The summed E-state index contributed by atoms with van der Waals surface area (Å²) in [4.78, 5) is 19.3. The molecule has 5 heteroatoms. The highest BCUT2D eigenvalue weighted by molar-refractivity contribution is 5.31. The highest BCUT2D eigenvalue weighted by Gasteiger charge is 2.26. The lowest BCUT2D eigenvalue weighted by molar-refractivity contribution is 0.00796. The van der Waals surface area contributed by atoms with Gasteiger partial charge in [0.2, 0.25) is 0 Å². The molecule has 3 heterocycles. The quantitative estimate of drug-likeness (QED) is 0.796. The largest absolute Gasteiger partial charge is 0.372 e. The van der Waals surface area contributed by atoms with E-state index in [1.165, 1.54) is 11.1 Å². The van der Waals surface area contributed by atoms with E-state index in [-0.39, 0.29) is 17.6 Å².